The topological polar surface area (TPSA) is 80.3 Å². The zero-order valence-electron chi connectivity index (χ0n) is 22.8. The Morgan fingerprint density at radius 2 is 1.66 bits per heavy atom. The van der Waals surface area contributed by atoms with Crippen molar-refractivity contribution in [3.05, 3.63) is 48.0 Å². The van der Waals surface area contributed by atoms with E-state index >= 15 is 0 Å². The summed E-state index contributed by atoms with van der Waals surface area (Å²) in [4.78, 5) is 28.8. The van der Waals surface area contributed by atoms with Gasteiger partial charge >= 0.3 is 6.09 Å². The predicted molar refractivity (Wildman–Crippen MR) is 146 cm³/mol. The lowest BCUT2D eigenvalue weighted by Crippen LogP contribution is -2.49. The summed E-state index contributed by atoms with van der Waals surface area (Å²) in [5, 5.41) is 3.00. The van der Waals surface area contributed by atoms with Crippen LogP contribution in [0.5, 0.6) is 5.75 Å². The number of piperidine rings is 1. The summed E-state index contributed by atoms with van der Waals surface area (Å²) >= 11 is 0. The molecule has 5 rings (SSSR count). The minimum atomic E-state index is -0.254. The largest absolute Gasteiger partial charge is 0.487 e. The van der Waals surface area contributed by atoms with Crippen molar-refractivity contribution in [1.82, 2.24) is 9.80 Å². The maximum Gasteiger partial charge on any atom is 0.409 e. The maximum absolute atomic E-state index is 12.5. The van der Waals surface area contributed by atoms with E-state index in [1.807, 2.05) is 24.3 Å². The van der Waals surface area contributed by atoms with E-state index in [0.717, 1.165) is 54.9 Å². The van der Waals surface area contributed by atoms with Crippen LogP contribution in [0, 0.1) is 5.41 Å². The van der Waals surface area contributed by atoms with E-state index in [4.69, 9.17) is 14.2 Å². The fraction of sp³-hybridized carbons (Fsp3) is 0.533. The highest BCUT2D eigenvalue weighted by atomic mass is 16.6. The lowest BCUT2D eigenvalue weighted by molar-refractivity contribution is -0.118. The van der Waals surface area contributed by atoms with Crippen molar-refractivity contribution in [2.24, 2.45) is 5.41 Å². The van der Waals surface area contributed by atoms with E-state index in [1.165, 1.54) is 5.56 Å². The molecule has 0 bridgehead atoms. The third-order valence-corrected chi connectivity index (χ3v) is 7.43. The normalized spacial score (nSPS) is 19.1. The average molecular weight is 522 g/mol. The van der Waals surface area contributed by atoms with Gasteiger partial charge in [0.05, 0.1) is 26.4 Å². The van der Waals surface area contributed by atoms with Gasteiger partial charge in [-0.15, -0.1) is 0 Å². The number of carbonyl (C=O) groups excluding carboxylic acids is 2. The molecule has 0 radical (unpaired) electrons. The number of hydrogen-bond donors (Lipinski definition) is 1. The first-order chi connectivity index (χ1) is 18.2. The highest BCUT2D eigenvalue weighted by Gasteiger charge is 2.43. The minimum absolute atomic E-state index is 0.00635. The van der Waals surface area contributed by atoms with Gasteiger partial charge in [-0.2, -0.15) is 0 Å². The van der Waals surface area contributed by atoms with Crippen molar-refractivity contribution in [2.45, 2.75) is 45.6 Å². The number of hydrogen-bond acceptors (Lipinski definition) is 6. The van der Waals surface area contributed by atoms with Crippen molar-refractivity contribution >= 4 is 17.7 Å². The monoisotopic (exact) mass is 521 g/mol. The van der Waals surface area contributed by atoms with Gasteiger partial charge < -0.3 is 24.4 Å². The summed E-state index contributed by atoms with van der Waals surface area (Å²) in [6.07, 6.45) is 2.20. The Labute approximate surface area is 225 Å². The van der Waals surface area contributed by atoms with Gasteiger partial charge in [-0.3, -0.25) is 9.69 Å². The number of ether oxygens (including phenoxy) is 3. The minimum Gasteiger partial charge on any atom is -0.487 e. The molecule has 0 aliphatic carbocycles. The predicted octanol–water partition coefficient (Wildman–Crippen LogP) is 4.58. The molecule has 1 spiro atoms. The highest BCUT2D eigenvalue weighted by Crippen LogP contribution is 2.42. The second-order valence-electron chi connectivity index (χ2n) is 11.9. The molecule has 2 fully saturated rings. The number of benzene rings is 2. The van der Waals surface area contributed by atoms with Gasteiger partial charge in [0, 0.05) is 51.1 Å². The Kier molecular flexibility index (Phi) is 7.63. The zero-order valence-corrected chi connectivity index (χ0v) is 22.8. The number of amides is 2. The van der Waals surface area contributed by atoms with Crippen LogP contribution in [0.25, 0.3) is 11.1 Å². The number of nitrogens with one attached hydrogen (secondary N) is 1. The molecule has 3 aliphatic heterocycles. The van der Waals surface area contributed by atoms with E-state index in [2.05, 4.69) is 49.2 Å². The Morgan fingerprint density at radius 3 is 2.34 bits per heavy atom. The SMILES string of the molecule is CC(C)(C)COC(=O)N1CCC2(CC1)Cc1cc(-c3ccc(NC(=O)CN4CCOCC4)cc3)ccc1O2. The van der Waals surface area contributed by atoms with Crippen LogP contribution in [-0.4, -0.2) is 79.9 Å². The van der Waals surface area contributed by atoms with Crippen LogP contribution in [0.3, 0.4) is 0 Å². The van der Waals surface area contributed by atoms with E-state index in [0.29, 0.717) is 39.5 Å². The summed E-state index contributed by atoms with van der Waals surface area (Å²) in [6, 6.07) is 14.3. The quantitative estimate of drug-likeness (QED) is 0.621. The molecule has 2 saturated heterocycles. The fourth-order valence-corrected chi connectivity index (χ4v) is 5.27. The van der Waals surface area contributed by atoms with Crippen LogP contribution < -0.4 is 10.1 Å². The summed E-state index contributed by atoms with van der Waals surface area (Å²) in [5.74, 6) is 0.928. The first-order valence-corrected chi connectivity index (χ1v) is 13.6. The lowest BCUT2D eigenvalue weighted by Gasteiger charge is -2.38. The summed E-state index contributed by atoms with van der Waals surface area (Å²) < 4.78 is 17.3. The second kappa shape index (κ2) is 10.9. The van der Waals surface area contributed by atoms with Crippen molar-refractivity contribution in [3.63, 3.8) is 0 Å². The average Bonchev–Trinajstić information content (AvgIpc) is 3.25. The molecule has 2 aromatic rings. The van der Waals surface area contributed by atoms with Gasteiger partial charge in [0.25, 0.3) is 0 Å². The maximum atomic E-state index is 12.5. The Morgan fingerprint density at radius 1 is 0.974 bits per heavy atom. The molecule has 0 saturated carbocycles. The standard InChI is InChI=1S/C30H39N3O5/c1-29(2,3)21-37-28(35)33-12-10-30(11-13-33)19-24-18-23(6-9-26(24)38-30)22-4-7-25(8-5-22)31-27(34)20-32-14-16-36-17-15-32/h4-9,18H,10-17,19-21H2,1-3H3,(H,31,34). The summed E-state index contributed by atoms with van der Waals surface area (Å²) in [6.45, 7) is 11.2. The Bertz CT molecular complexity index is 1140. The van der Waals surface area contributed by atoms with Crippen LogP contribution >= 0.6 is 0 Å². The highest BCUT2D eigenvalue weighted by molar-refractivity contribution is 5.92. The molecule has 8 heteroatoms. The van der Waals surface area contributed by atoms with Crippen LogP contribution in [0.2, 0.25) is 0 Å². The van der Waals surface area contributed by atoms with Crippen LogP contribution in [0.4, 0.5) is 10.5 Å². The van der Waals surface area contributed by atoms with E-state index in [-0.39, 0.29) is 23.0 Å². The molecule has 0 aromatic heterocycles. The molecule has 0 unspecified atom stereocenters. The van der Waals surface area contributed by atoms with E-state index < -0.39 is 0 Å². The third-order valence-electron chi connectivity index (χ3n) is 7.43. The second-order valence-corrected chi connectivity index (χ2v) is 11.9. The van der Waals surface area contributed by atoms with Crippen LogP contribution in [0.1, 0.15) is 39.2 Å². The summed E-state index contributed by atoms with van der Waals surface area (Å²) in [7, 11) is 0. The number of rotatable bonds is 5. The van der Waals surface area contributed by atoms with Crippen molar-refractivity contribution in [1.29, 1.82) is 0 Å². The van der Waals surface area contributed by atoms with Crippen molar-refractivity contribution in [2.75, 3.05) is 57.9 Å². The Balaban J connectivity index is 1.15. The van der Waals surface area contributed by atoms with Gasteiger partial charge in [0.15, 0.2) is 0 Å². The number of anilines is 1. The van der Waals surface area contributed by atoms with Crippen molar-refractivity contribution < 1.29 is 23.8 Å². The number of likely N-dealkylation sites (tertiary alicyclic amines) is 1. The molecule has 2 amide bonds. The van der Waals surface area contributed by atoms with Gasteiger partial charge in [-0.05, 0) is 46.4 Å². The molecule has 1 N–H and O–H groups in total. The van der Waals surface area contributed by atoms with Gasteiger partial charge in [-0.25, -0.2) is 4.79 Å². The Hall–Kier alpha value is -3.10. The van der Waals surface area contributed by atoms with E-state index in [9.17, 15) is 9.59 Å². The molecule has 8 nitrogen and oxygen atoms in total. The summed E-state index contributed by atoms with van der Waals surface area (Å²) in [5.41, 5.74) is 3.92. The first-order valence-electron chi connectivity index (χ1n) is 13.6. The first kappa shape index (κ1) is 26.5. The molecule has 3 aliphatic rings. The van der Waals surface area contributed by atoms with Crippen molar-refractivity contribution in [3.8, 4) is 16.9 Å². The number of nitrogens with zero attached hydrogens (tertiary/aromatic N) is 2. The third kappa shape index (κ3) is 6.48. The number of fused-ring (bicyclic) bond motifs is 1. The van der Waals surface area contributed by atoms with Gasteiger partial charge in [0.2, 0.25) is 5.91 Å². The lowest BCUT2D eigenvalue weighted by atomic mass is 9.86. The zero-order chi connectivity index (χ0) is 26.8. The molecule has 0 atom stereocenters. The number of carbonyl (C=O) groups is 2. The molecule has 3 heterocycles. The van der Waals surface area contributed by atoms with Gasteiger partial charge in [0.1, 0.15) is 11.4 Å². The fourth-order valence-electron chi connectivity index (χ4n) is 5.27. The van der Waals surface area contributed by atoms with E-state index in [1.54, 1.807) is 4.90 Å². The number of morpholine rings is 1. The van der Waals surface area contributed by atoms with Crippen LogP contribution in [-0.2, 0) is 20.7 Å². The van der Waals surface area contributed by atoms with Gasteiger partial charge in [-0.1, -0.05) is 39.0 Å². The molecule has 2 aromatic carbocycles. The smallest absolute Gasteiger partial charge is 0.409 e. The van der Waals surface area contributed by atoms with Crippen LogP contribution in [0.15, 0.2) is 42.5 Å². The molecule has 38 heavy (non-hydrogen) atoms. The molecular weight excluding hydrogens is 482 g/mol. The molecule has 204 valence electrons. The molecular formula is C30H39N3O5.